The Morgan fingerprint density at radius 3 is 1.81 bits per heavy atom. The molecule has 5 nitrogen and oxygen atoms in total. The van der Waals surface area contributed by atoms with Gasteiger partial charge in [0.15, 0.2) is 17.5 Å². The lowest BCUT2D eigenvalue weighted by Gasteiger charge is -2.15. The first-order valence-electron chi connectivity index (χ1n) is 17.2. The van der Waals surface area contributed by atoms with E-state index in [0.717, 1.165) is 65.9 Å². The fourth-order valence-corrected chi connectivity index (χ4v) is 7.34. The van der Waals surface area contributed by atoms with Crippen LogP contribution in [0.3, 0.4) is 0 Å². The van der Waals surface area contributed by atoms with Crippen molar-refractivity contribution >= 4 is 43.5 Å². The first kappa shape index (κ1) is 29.8. The summed E-state index contributed by atoms with van der Waals surface area (Å²) in [7, 11) is 0. The van der Waals surface area contributed by atoms with Gasteiger partial charge in [-0.2, -0.15) is 0 Å². The first-order valence-corrected chi connectivity index (χ1v) is 17.2. The second-order valence-electron chi connectivity index (χ2n) is 12.9. The molecule has 52 heavy (non-hydrogen) atoms. The minimum Gasteiger partial charge on any atom is -0.507 e. The minimum absolute atomic E-state index is 0.149. The SMILES string of the molecule is Oc1cccc(-c2nc(-c3ccccc3)nc(-c3cc4ccccc4c4ccccc34)n2)c1-c1ccc(-c2ccc3oc4ccccc4c3c2)cc1. The molecular weight excluding hydrogens is 639 g/mol. The zero-order valence-electron chi connectivity index (χ0n) is 27.9. The number of nitrogens with zero attached hydrogens (tertiary/aromatic N) is 3. The predicted octanol–water partition coefficient (Wildman–Crippen LogP) is 12.1. The van der Waals surface area contributed by atoms with Gasteiger partial charge in [-0.1, -0.05) is 140 Å². The van der Waals surface area contributed by atoms with Crippen LogP contribution in [0.25, 0.3) is 99.9 Å². The van der Waals surface area contributed by atoms with E-state index < -0.39 is 0 Å². The lowest BCUT2D eigenvalue weighted by atomic mass is 9.95. The van der Waals surface area contributed by atoms with Crippen LogP contribution < -0.4 is 0 Å². The fraction of sp³-hybridized carbons (Fsp3) is 0. The van der Waals surface area contributed by atoms with Crippen molar-refractivity contribution in [2.75, 3.05) is 0 Å². The van der Waals surface area contributed by atoms with Crippen LogP contribution in [-0.4, -0.2) is 20.1 Å². The van der Waals surface area contributed by atoms with Gasteiger partial charge in [0, 0.05) is 33.0 Å². The molecule has 244 valence electrons. The molecule has 0 aliphatic rings. The standard InChI is InChI=1S/C47H29N3O2/c51-41-19-10-18-38(44(41)30-23-21-29(22-24-30)32-25-26-43-39(27-32)37-17-8-9-20-42(37)52-43)46-48-45(31-11-2-1-3-12-31)49-47(50-46)40-28-33-13-4-5-14-34(33)35-15-6-7-16-36(35)40/h1-28,51H. The topological polar surface area (TPSA) is 72.0 Å². The van der Waals surface area contributed by atoms with Crippen LogP contribution in [0.4, 0.5) is 0 Å². The van der Waals surface area contributed by atoms with E-state index in [1.54, 1.807) is 6.07 Å². The zero-order chi connectivity index (χ0) is 34.6. The molecule has 8 aromatic carbocycles. The minimum atomic E-state index is 0.149. The van der Waals surface area contributed by atoms with E-state index in [2.05, 4.69) is 78.9 Å². The van der Waals surface area contributed by atoms with Crippen molar-refractivity contribution in [3.8, 4) is 62.2 Å². The molecule has 0 unspecified atom stereocenters. The molecule has 0 radical (unpaired) electrons. The zero-order valence-corrected chi connectivity index (χ0v) is 27.9. The highest BCUT2D eigenvalue weighted by Crippen LogP contribution is 2.41. The molecule has 10 aromatic rings. The summed E-state index contributed by atoms with van der Waals surface area (Å²) < 4.78 is 6.06. The van der Waals surface area contributed by atoms with Crippen LogP contribution in [0.5, 0.6) is 5.75 Å². The molecule has 0 aliphatic carbocycles. The largest absolute Gasteiger partial charge is 0.507 e. The summed E-state index contributed by atoms with van der Waals surface area (Å²) in [5, 5.41) is 18.1. The quantitative estimate of drug-likeness (QED) is 0.185. The summed E-state index contributed by atoms with van der Waals surface area (Å²) >= 11 is 0. The Balaban J connectivity index is 1.13. The number of fused-ring (bicyclic) bond motifs is 6. The van der Waals surface area contributed by atoms with Crippen molar-refractivity contribution in [3.05, 3.63) is 170 Å². The van der Waals surface area contributed by atoms with Crippen LogP contribution in [0.1, 0.15) is 0 Å². The molecule has 2 heterocycles. The van der Waals surface area contributed by atoms with Gasteiger partial charge in [-0.25, -0.2) is 15.0 Å². The molecule has 0 amide bonds. The number of rotatable bonds is 5. The lowest BCUT2D eigenvalue weighted by molar-refractivity contribution is 0.477. The Hall–Kier alpha value is -7.11. The number of hydrogen-bond acceptors (Lipinski definition) is 5. The highest BCUT2D eigenvalue weighted by atomic mass is 16.3. The first-order chi connectivity index (χ1) is 25.7. The number of furan rings is 1. The highest BCUT2D eigenvalue weighted by molar-refractivity contribution is 6.13. The molecule has 0 bridgehead atoms. The molecule has 0 spiro atoms. The second kappa shape index (κ2) is 12.0. The molecule has 0 fully saturated rings. The average Bonchev–Trinajstić information content (AvgIpc) is 3.59. The normalized spacial score (nSPS) is 11.5. The molecule has 0 aliphatic heterocycles. The summed E-state index contributed by atoms with van der Waals surface area (Å²) in [6.07, 6.45) is 0. The summed E-state index contributed by atoms with van der Waals surface area (Å²) in [6.45, 7) is 0. The van der Waals surface area contributed by atoms with Crippen molar-refractivity contribution in [1.29, 1.82) is 0 Å². The number of hydrogen-bond donors (Lipinski definition) is 1. The van der Waals surface area contributed by atoms with Gasteiger partial charge in [-0.3, -0.25) is 0 Å². The van der Waals surface area contributed by atoms with Crippen LogP contribution in [0.15, 0.2) is 174 Å². The number of aromatic nitrogens is 3. The van der Waals surface area contributed by atoms with Crippen molar-refractivity contribution in [1.82, 2.24) is 15.0 Å². The Morgan fingerprint density at radius 2 is 0.981 bits per heavy atom. The van der Waals surface area contributed by atoms with Crippen molar-refractivity contribution in [2.45, 2.75) is 0 Å². The van der Waals surface area contributed by atoms with Gasteiger partial charge < -0.3 is 9.52 Å². The maximum Gasteiger partial charge on any atom is 0.164 e. The van der Waals surface area contributed by atoms with Crippen LogP contribution in [0, 0.1) is 0 Å². The predicted molar refractivity (Wildman–Crippen MR) is 211 cm³/mol. The monoisotopic (exact) mass is 667 g/mol. The van der Waals surface area contributed by atoms with E-state index in [1.165, 1.54) is 5.39 Å². The van der Waals surface area contributed by atoms with Gasteiger partial charge in [0.25, 0.3) is 0 Å². The molecule has 5 heteroatoms. The Bertz CT molecular complexity index is 2970. The smallest absolute Gasteiger partial charge is 0.164 e. The van der Waals surface area contributed by atoms with E-state index >= 15 is 0 Å². The fourth-order valence-electron chi connectivity index (χ4n) is 7.34. The summed E-state index contributed by atoms with van der Waals surface area (Å²) in [4.78, 5) is 15.3. The number of aromatic hydroxyl groups is 1. The molecule has 0 saturated carbocycles. The maximum absolute atomic E-state index is 11.4. The summed E-state index contributed by atoms with van der Waals surface area (Å²) in [6, 6.07) is 57.1. The van der Waals surface area contributed by atoms with Gasteiger partial charge >= 0.3 is 0 Å². The number of phenols is 1. The molecule has 0 saturated heterocycles. The molecule has 2 aromatic heterocycles. The third-order valence-electron chi connectivity index (χ3n) is 9.84. The highest BCUT2D eigenvalue weighted by Gasteiger charge is 2.20. The third-order valence-corrected chi connectivity index (χ3v) is 9.84. The van der Waals surface area contributed by atoms with Crippen molar-refractivity contribution in [3.63, 3.8) is 0 Å². The second-order valence-corrected chi connectivity index (χ2v) is 12.9. The maximum atomic E-state index is 11.4. The van der Waals surface area contributed by atoms with E-state index in [-0.39, 0.29) is 5.75 Å². The Morgan fingerprint density at radius 1 is 0.365 bits per heavy atom. The van der Waals surface area contributed by atoms with E-state index in [1.807, 2.05) is 84.9 Å². The molecular formula is C47H29N3O2. The molecule has 1 N–H and O–H groups in total. The average molecular weight is 668 g/mol. The van der Waals surface area contributed by atoms with E-state index in [4.69, 9.17) is 19.4 Å². The van der Waals surface area contributed by atoms with E-state index in [0.29, 0.717) is 28.6 Å². The Kier molecular flexibility index (Phi) is 6.89. The van der Waals surface area contributed by atoms with Crippen molar-refractivity contribution in [2.24, 2.45) is 0 Å². The van der Waals surface area contributed by atoms with Gasteiger partial charge in [-0.15, -0.1) is 0 Å². The molecule has 0 atom stereocenters. The summed E-state index contributed by atoms with van der Waals surface area (Å²) in [5.41, 5.74) is 7.91. The van der Waals surface area contributed by atoms with Gasteiger partial charge in [0.1, 0.15) is 16.9 Å². The Labute approximate surface area is 299 Å². The van der Waals surface area contributed by atoms with E-state index in [9.17, 15) is 5.11 Å². The van der Waals surface area contributed by atoms with Gasteiger partial charge in [-0.05, 0) is 68.6 Å². The van der Waals surface area contributed by atoms with Crippen LogP contribution in [0.2, 0.25) is 0 Å². The lowest BCUT2D eigenvalue weighted by Crippen LogP contribution is -2.01. The van der Waals surface area contributed by atoms with Gasteiger partial charge in [0.05, 0.1) is 0 Å². The van der Waals surface area contributed by atoms with Crippen molar-refractivity contribution < 1.29 is 9.52 Å². The van der Waals surface area contributed by atoms with Gasteiger partial charge in [0.2, 0.25) is 0 Å². The summed E-state index contributed by atoms with van der Waals surface area (Å²) in [5.74, 6) is 1.76. The third kappa shape index (κ3) is 4.98. The number of benzene rings is 8. The van der Waals surface area contributed by atoms with Crippen LogP contribution >= 0.6 is 0 Å². The number of para-hydroxylation sites is 1. The van der Waals surface area contributed by atoms with Crippen LogP contribution in [-0.2, 0) is 0 Å². The number of phenolic OH excluding ortho intramolecular Hbond substituents is 1. The molecule has 10 rings (SSSR count).